The summed E-state index contributed by atoms with van der Waals surface area (Å²) in [6, 6.07) is 0. The minimum atomic E-state index is -0.811. The van der Waals surface area contributed by atoms with Crippen LogP contribution in [0.4, 0.5) is 0 Å². The second-order valence-electron chi connectivity index (χ2n) is 4.93. The van der Waals surface area contributed by atoms with Crippen molar-refractivity contribution in [3.63, 3.8) is 0 Å². The molecule has 16 heavy (non-hydrogen) atoms. The smallest absolute Gasteiger partial charge is 0.310 e. The lowest BCUT2D eigenvalue weighted by atomic mass is 9.93. The van der Waals surface area contributed by atoms with Crippen molar-refractivity contribution in [2.24, 2.45) is 11.3 Å². The van der Waals surface area contributed by atoms with Crippen LogP contribution in [0.5, 0.6) is 0 Å². The fourth-order valence-electron chi connectivity index (χ4n) is 1.96. The van der Waals surface area contributed by atoms with Gasteiger partial charge in [0, 0.05) is 13.1 Å². The van der Waals surface area contributed by atoms with Crippen molar-refractivity contribution in [2.45, 2.75) is 20.3 Å². The summed E-state index contributed by atoms with van der Waals surface area (Å²) >= 11 is 0. The number of carboxylic acid groups (broad SMARTS) is 1. The van der Waals surface area contributed by atoms with Crippen molar-refractivity contribution in [2.75, 3.05) is 26.7 Å². The molecule has 0 radical (unpaired) electrons. The van der Waals surface area contributed by atoms with Gasteiger partial charge in [-0.1, -0.05) is 0 Å². The normalized spacial score (nSPS) is 22.1. The molecule has 0 aromatic rings. The van der Waals surface area contributed by atoms with Crippen LogP contribution in [0.3, 0.4) is 0 Å². The van der Waals surface area contributed by atoms with Gasteiger partial charge in [0.05, 0.1) is 18.4 Å². The van der Waals surface area contributed by atoms with Crippen LogP contribution in [0.2, 0.25) is 0 Å². The third-order valence-electron chi connectivity index (χ3n) is 3.00. The van der Waals surface area contributed by atoms with Gasteiger partial charge in [0.1, 0.15) is 0 Å². The monoisotopic (exact) mass is 229 g/mol. The van der Waals surface area contributed by atoms with Gasteiger partial charge in [-0.2, -0.15) is 0 Å². The number of esters is 1. The summed E-state index contributed by atoms with van der Waals surface area (Å²) in [7, 11) is 1.38. The number of carbonyl (C=O) groups is 2. The van der Waals surface area contributed by atoms with Gasteiger partial charge in [-0.05, 0) is 26.8 Å². The molecule has 0 saturated carbocycles. The molecule has 1 fully saturated rings. The molecule has 1 aliphatic heterocycles. The molecule has 1 N–H and O–H groups in total. The predicted molar refractivity (Wildman–Crippen MR) is 58.0 cm³/mol. The molecular formula is C11H19NO4. The van der Waals surface area contributed by atoms with Gasteiger partial charge in [0.15, 0.2) is 0 Å². The molecule has 0 amide bonds. The summed E-state index contributed by atoms with van der Waals surface area (Å²) in [5, 5.41) is 9.00. The van der Waals surface area contributed by atoms with Gasteiger partial charge in [-0.15, -0.1) is 0 Å². The molecule has 0 aliphatic carbocycles. The van der Waals surface area contributed by atoms with Crippen LogP contribution in [0.1, 0.15) is 20.3 Å². The SMILES string of the molecule is COC(=O)C1CCN(CC(C)(C)C(=O)O)C1. The molecule has 1 atom stereocenters. The molecule has 1 aliphatic rings. The molecule has 5 heteroatoms. The maximum absolute atomic E-state index is 11.3. The first-order valence-corrected chi connectivity index (χ1v) is 5.40. The Labute approximate surface area is 95.4 Å². The Kier molecular flexibility index (Phi) is 3.91. The Morgan fingerprint density at radius 1 is 1.50 bits per heavy atom. The lowest BCUT2D eigenvalue weighted by Gasteiger charge is -2.26. The number of aliphatic carboxylic acids is 1. The van der Waals surface area contributed by atoms with Crippen LogP contribution in [0.25, 0.3) is 0 Å². The van der Waals surface area contributed by atoms with Crippen LogP contribution in [0, 0.1) is 11.3 Å². The first-order chi connectivity index (χ1) is 7.36. The molecule has 0 spiro atoms. The summed E-state index contributed by atoms with van der Waals surface area (Å²) < 4.78 is 4.68. The zero-order chi connectivity index (χ0) is 12.3. The average molecular weight is 229 g/mol. The highest BCUT2D eigenvalue weighted by molar-refractivity contribution is 5.74. The van der Waals surface area contributed by atoms with Crippen LogP contribution in [-0.2, 0) is 14.3 Å². The summed E-state index contributed by atoms with van der Waals surface area (Å²) in [6.07, 6.45) is 0.752. The molecule has 0 aromatic heterocycles. The lowest BCUT2D eigenvalue weighted by molar-refractivity contribution is -0.147. The fourth-order valence-corrected chi connectivity index (χ4v) is 1.96. The number of likely N-dealkylation sites (tertiary alicyclic amines) is 1. The number of carboxylic acids is 1. The first-order valence-electron chi connectivity index (χ1n) is 5.40. The first kappa shape index (κ1) is 13.0. The van der Waals surface area contributed by atoms with E-state index in [1.54, 1.807) is 13.8 Å². The van der Waals surface area contributed by atoms with E-state index >= 15 is 0 Å². The van der Waals surface area contributed by atoms with Crippen molar-refractivity contribution in [1.82, 2.24) is 4.90 Å². The summed E-state index contributed by atoms with van der Waals surface area (Å²) in [5.74, 6) is -1.11. The van der Waals surface area contributed by atoms with Crippen LogP contribution >= 0.6 is 0 Å². The summed E-state index contributed by atoms with van der Waals surface area (Å²) in [5.41, 5.74) is -0.773. The van der Waals surface area contributed by atoms with Gasteiger partial charge in [-0.25, -0.2) is 0 Å². The largest absolute Gasteiger partial charge is 0.481 e. The summed E-state index contributed by atoms with van der Waals surface area (Å²) in [6.45, 7) is 5.22. The topological polar surface area (TPSA) is 66.8 Å². The molecule has 0 bridgehead atoms. The Balaban J connectivity index is 2.48. The number of methoxy groups -OCH3 is 1. The van der Waals surface area contributed by atoms with Crippen molar-refractivity contribution >= 4 is 11.9 Å². The molecule has 92 valence electrons. The quantitative estimate of drug-likeness (QED) is 0.715. The van der Waals surface area contributed by atoms with Gasteiger partial charge in [-0.3, -0.25) is 9.59 Å². The predicted octanol–water partition coefficient (Wildman–Crippen LogP) is 0.592. The molecule has 0 aromatic carbocycles. The number of ether oxygens (including phenoxy) is 1. The van der Waals surface area contributed by atoms with E-state index in [1.165, 1.54) is 7.11 Å². The Bertz CT molecular complexity index is 288. The van der Waals surface area contributed by atoms with Gasteiger partial charge < -0.3 is 14.7 Å². The Morgan fingerprint density at radius 2 is 2.12 bits per heavy atom. The minimum absolute atomic E-state index is 0.102. The second kappa shape index (κ2) is 4.82. The zero-order valence-electron chi connectivity index (χ0n) is 10.0. The maximum Gasteiger partial charge on any atom is 0.310 e. The van der Waals surface area contributed by atoms with E-state index in [0.717, 1.165) is 13.0 Å². The van der Waals surface area contributed by atoms with Gasteiger partial charge >= 0.3 is 11.9 Å². The van der Waals surface area contributed by atoms with E-state index in [0.29, 0.717) is 13.1 Å². The van der Waals surface area contributed by atoms with E-state index in [9.17, 15) is 9.59 Å². The zero-order valence-corrected chi connectivity index (χ0v) is 10.0. The molecule has 1 heterocycles. The Morgan fingerprint density at radius 3 is 2.62 bits per heavy atom. The number of hydrogen-bond donors (Lipinski definition) is 1. The molecule has 1 unspecified atom stereocenters. The third-order valence-corrected chi connectivity index (χ3v) is 3.00. The minimum Gasteiger partial charge on any atom is -0.481 e. The molecule has 5 nitrogen and oxygen atoms in total. The van der Waals surface area contributed by atoms with Crippen molar-refractivity contribution < 1.29 is 19.4 Å². The van der Waals surface area contributed by atoms with Crippen molar-refractivity contribution in [1.29, 1.82) is 0 Å². The Hall–Kier alpha value is -1.10. The molecule has 1 rings (SSSR count). The van der Waals surface area contributed by atoms with Crippen LogP contribution in [0.15, 0.2) is 0 Å². The summed E-state index contributed by atoms with van der Waals surface area (Å²) in [4.78, 5) is 24.3. The second-order valence-corrected chi connectivity index (χ2v) is 4.93. The van der Waals surface area contributed by atoms with Crippen molar-refractivity contribution in [3.8, 4) is 0 Å². The fraction of sp³-hybridized carbons (Fsp3) is 0.818. The number of rotatable bonds is 4. The van der Waals surface area contributed by atoms with Crippen LogP contribution in [-0.4, -0.2) is 48.7 Å². The van der Waals surface area contributed by atoms with E-state index < -0.39 is 11.4 Å². The highest BCUT2D eigenvalue weighted by Crippen LogP contribution is 2.23. The lowest BCUT2D eigenvalue weighted by Crippen LogP contribution is -2.38. The molecule has 1 saturated heterocycles. The van der Waals surface area contributed by atoms with Crippen LogP contribution < -0.4 is 0 Å². The molecular weight excluding hydrogens is 210 g/mol. The van der Waals surface area contributed by atoms with E-state index in [4.69, 9.17) is 5.11 Å². The van der Waals surface area contributed by atoms with Gasteiger partial charge in [0.2, 0.25) is 0 Å². The number of nitrogens with zero attached hydrogens (tertiary/aromatic N) is 1. The number of hydrogen-bond acceptors (Lipinski definition) is 4. The van der Waals surface area contributed by atoms with E-state index in [2.05, 4.69) is 4.74 Å². The van der Waals surface area contributed by atoms with E-state index in [1.807, 2.05) is 4.90 Å². The van der Waals surface area contributed by atoms with Gasteiger partial charge in [0.25, 0.3) is 0 Å². The van der Waals surface area contributed by atoms with E-state index in [-0.39, 0.29) is 11.9 Å². The third kappa shape index (κ3) is 2.95. The number of carbonyl (C=O) groups excluding carboxylic acids is 1. The standard InChI is InChI=1S/C11H19NO4/c1-11(2,10(14)15)7-12-5-4-8(6-12)9(13)16-3/h8H,4-7H2,1-3H3,(H,14,15). The van der Waals surface area contributed by atoms with Crippen molar-refractivity contribution in [3.05, 3.63) is 0 Å². The maximum atomic E-state index is 11.3. The highest BCUT2D eigenvalue weighted by Gasteiger charge is 2.35. The highest BCUT2D eigenvalue weighted by atomic mass is 16.5. The average Bonchev–Trinajstić information content (AvgIpc) is 2.64.